The monoisotopic (exact) mass is 273 g/mol. The maximum Gasteiger partial charge on any atom is 0.287 e. The minimum Gasteiger partial charge on any atom is -0.394 e. The fourth-order valence-corrected chi connectivity index (χ4v) is 2.05. The van der Waals surface area contributed by atoms with Crippen molar-refractivity contribution in [2.45, 2.75) is 13.0 Å². The van der Waals surface area contributed by atoms with Gasteiger partial charge in [0.25, 0.3) is 5.56 Å². The molecule has 6 nitrogen and oxygen atoms in total. The van der Waals surface area contributed by atoms with E-state index in [0.29, 0.717) is 18.2 Å². The summed E-state index contributed by atoms with van der Waals surface area (Å²) in [7, 11) is 0. The zero-order valence-corrected chi connectivity index (χ0v) is 10.7. The SMILES string of the molecule is O=c1c(Cl)c(NCC2CCOC2)cnn1CCO. The first kappa shape index (κ1) is 13.3. The zero-order valence-electron chi connectivity index (χ0n) is 9.93. The van der Waals surface area contributed by atoms with E-state index in [9.17, 15) is 4.79 Å². The smallest absolute Gasteiger partial charge is 0.287 e. The Morgan fingerprint density at radius 3 is 3.17 bits per heavy atom. The Labute approximate surface area is 110 Å². The van der Waals surface area contributed by atoms with Crippen molar-refractivity contribution in [3.05, 3.63) is 21.6 Å². The molecular formula is C11H16ClN3O3. The highest BCUT2D eigenvalue weighted by Crippen LogP contribution is 2.18. The van der Waals surface area contributed by atoms with Gasteiger partial charge in [0.15, 0.2) is 0 Å². The van der Waals surface area contributed by atoms with Gasteiger partial charge in [0.1, 0.15) is 5.02 Å². The Morgan fingerprint density at radius 1 is 1.67 bits per heavy atom. The topological polar surface area (TPSA) is 76.4 Å². The third-order valence-electron chi connectivity index (χ3n) is 2.90. The number of halogens is 1. The number of anilines is 1. The lowest BCUT2D eigenvalue weighted by molar-refractivity contribution is 0.187. The van der Waals surface area contributed by atoms with Crippen LogP contribution in [-0.4, -0.2) is 41.3 Å². The number of rotatable bonds is 5. The summed E-state index contributed by atoms with van der Waals surface area (Å²) in [5, 5.41) is 15.9. The Bertz CT molecular complexity index is 457. The van der Waals surface area contributed by atoms with E-state index < -0.39 is 5.56 Å². The molecule has 2 N–H and O–H groups in total. The van der Waals surface area contributed by atoms with Crippen molar-refractivity contribution in [1.82, 2.24) is 9.78 Å². The van der Waals surface area contributed by atoms with Crippen LogP contribution >= 0.6 is 11.6 Å². The van der Waals surface area contributed by atoms with Crippen LogP contribution in [0.5, 0.6) is 0 Å². The zero-order chi connectivity index (χ0) is 13.0. The van der Waals surface area contributed by atoms with E-state index in [1.807, 2.05) is 0 Å². The first-order valence-corrected chi connectivity index (χ1v) is 6.28. The predicted molar refractivity (Wildman–Crippen MR) is 68.0 cm³/mol. The average molecular weight is 274 g/mol. The molecule has 0 bridgehead atoms. The summed E-state index contributed by atoms with van der Waals surface area (Å²) in [5.74, 6) is 0.445. The van der Waals surface area contributed by atoms with E-state index >= 15 is 0 Å². The first-order chi connectivity index (χ1) is 8.72. The Morgan fingerprint density at radius 2 is 2.50 bits per heavy atom. The minimum absolute atomic E-state index is 0.109. The molecule has 2 rings (SSSR count). The molecule has 1 aromatic heterocycles. The maximum absolute atomic E-state index is 11.8. The van der Waals surface area contributed by atoms with Crippen LogP contribution in [0.25, 0.3) is 0 Å². The van der Waals surface area contributed by atoms with Crippen LogP contribution in [0, 0.1) is 5.92 Å². The second kappa shape index (κ2) is 6.17. The summed E-state index contributed by atoms with van der Waals surface area (Å²) >= 11 is 5.97. The highest BCUT2D eigenvalue weighted by Gasteiger charge is 2.16. The Hall–Kier alpha value is -1.11. The maximum atomic E-state index is 11.8. The van der Waals surface area contributed by atoms with Gasteiger partial charge in [-0.1, -0.05) is 11.6 Å². The first-order valence-electron chi connectivity index (χ1n) is 5.90. The molecule has 0 amide bonds. The quantitative estimate of drug-likeness (QED) is 0.809. The van der Waals surface area contributed by atoms with Crippen LogP contribution in [0.15, 0.2) is 11.0 Å². The molecule has 1 fully saturated rings. The summed E-state index contributed by atoms with van der Waals surface area (Å²) in [6.45, 7) is 2.24. The lowest BCUT2D eigenvalue weighted by Crippen LogP contribution is -2.26. The number of aliphatic hydroxyl groups excluding tert-OH is 1. The molecule has 0 radical (unpaired) electrons. The van der Waals surface area contributed by atoms with E-state index in [2.05, 4.69) is 10.4 Å². The third-order valence-corrected chi connectivity index (χ3v) is 3.27. The van der Waals surface area contributed by atoms with Gasteiger partial charge in [0.2, 0.25) is 0 Å². The van der Waals surface area contributed by atoms with E-state index in [4.69, 9.17) is 21.4 Å². The highest BCUT2D eigenvalue weighted by atomic mass is 35.5. The fourth-order valence-electron chi connectivity index (χ4n) is 1.84. The summed E-state index contributed by atoms with van der Waals surface area (Å²) < 4.78 is 6.41. The molecule has 18 heavy (non-hydrogen) atoms. The van der Waals surface area contributed by atoms with Crippen LogP contribution in [0.4, 0.5) is 5.69 Å². The van der Waals surface area contributed by atoms with Gasteiger partial charge in [-0.15, -0.1) is 0 Å². The number of aromatic nitrogens is 2. The molecule has 1 aromatic rings. The number of nitrogens with one attached hydrogen (secondary N) is 1. The van der Waals surface area contributed by atoms with Crippen molar-refractivity contribution in [3.63, 3.8) is 0 Å². The van der Waals surface area contributed by atoms with E-state index in [1.165, 1.54) is 6.20 Å². The summed E-state index contributed by atoms with van der Waals surface area (Å²) in [4.78, 5) is 11.8. The van der Waals surface area contributed by atoms with Crippen molar-refractivity contribution in [2.24, 2.45) is 5.92 Å². The largest absolute Gasteiger partial charge is 0.394 e. The van der Waals surface area contributed by atoms with E-state index in [1.54, 1.807) is 0 Å². The molecule has 1 atom stereocenters. The molecule has 1 unspecified atom stereocenters. The molecule has 0 aliphatic carbocycles. The molecule has 2 heterocycles. The van der Waals surface area contributed by atoms with Crippen molar-refractivity contribution in [2.75, 3.05) is 31.7 Å². The molecule has 100 valence electrons. The average Bonchev–Trinajstić information content (AvgIpc) is 2.87. The predicted octanol–water partition coefficient (Wildman–Crippen LogP) is 0.337. The fraction of sp³-hybridized carbons (Fsp3) is 0.636. The number of hydrogen-bond acceptors (Lipinski definition) is 5. The van der Waals surface area contributed by atoms with Gasteiger partial charge in [-0.25, -0.2) is 4.68 Å². The number of hydrogen-bond donors (Lipinski definition) is 2. The molecule has 1 saturated heterocycles. The highest BCUT2D eigenvalue weighted by molar-refractivity contribution is 6.32. The van der Waals surface area contributed by atoms with Gasteiger partial charge in [0, 0.05) is 19.1 Å². The molecule has 1 aliphatic rings. The van der Waals surface area contributed by atoms with Gasteiger partial charge in [-0.3, -0.25) is 4.79 Å². The third kappa shape index (κ3) is 3.01. The van der Waals surface area contributed by atoms with Crippen LogP contribution in [0.3, 0.4) is 0 Å². The van der Waals surface area contributed by atoms with Crippen molar-refractivity contribution < 1.29 is 9.84 Å². The second-order valence-electron chi connectivity index (χ2n) is 4.23. The van der Waals surface area contributed by atoms with Gasteiger partial charge >= 0.3 is 0 Å². The van der Waals surface area contributed by atoms with Crippen molar-refractivity contribution in [3.8, 4) is 0 Å². The Kier molecular flexibility index (Phi) is 4.57. The lowest BCUT2D eigenvalue weighted by Gasteiger charge is -2.12. The summed E-state index contributed by atoms with van der Waals surface area (Å²) in [5.41, 5.74) is 0.140. The number of nitrogens with zero attached hydrogens (tertiary/aromatic N) is 2. The van der Waals surface area contributed by atoms with Gasteiger partial charge in [-0.05, 0) is 6.42 Å². The van der Waals surface area contributed by atoms with Crippen LogP contribution in [0.1, 0.15) is 6.42 Å². The molecule has 1 aliphatic heterocycles. The molecule has 7 heteroatoms. The van der Waals surface area contributed by atoms with Gasteiger partial charge in [0.05, 0.1) is 31.6 Å². The second-order valence-corrected chi connectivity index (χ2v) is 4.61. The van der Waals surface area contributed by atoms with Crippen molar-refractivity contribution in [1.29, 1.82) is 0 Å². The van der Waals surface area contributed by atoms with Crippen molar-refractivity contribution >= 4 is 17.3 Å². The lowest BCUT2D eigenvalue weighted by atomic mass is 10.1. The molecule has 0 spiro atoms. The minimum atomic E-state index is -0.390. The molecule has 0 aromatic carbocycles. The van der Waals surface area contributed by atoms with E-state index in [-0.39, 0.29) is 18.2 Å². The standard InChI is InChI=1S/C11H16ClN3O3/c12-10-9(13-5-8-1-4-18-7-8)6-14-15(2-3-16)11(10)17/h6,8,13,16H,1-5,7H2. The number of aliphatic hydroxyl groups is 1. The van der Waals surface area contributed by atoms with Crippen LogP contribution in [-0.2, 0) is 11.3 Å². The van der Waals surface area contributed by atoms with E-state index in [0.717, 1.165) is 24.3 Å². The number of ether oxygens (including phenoxy) is 1. The normalized spacial score (nSPS) is 19.1. The van der Waals surface area contributed by atoms with Gasteiger partial charge in [-0.2, -0.15) is 5.10 Å². The van der Waals surface area contributed by atoms with Crippen LogP contribution < -0.4 is 10.9 Å². The molecule has 0 saturated carbocycles. The van der Waals surface area contributed by atoms with Crippen LogP contribution in [0.2, 0.25) is 5.02 Å². The Balaban J connectivity index is 2.04. The summed E-state index contributed by atoms with van der Waals surface area (Å²) in [6, 6.07) is 0. The van der Waals surface area contributed by atoms with Gasteiger partial charge < -0.3 is 15.2 Å². The summed E-state index contributed by atoms with van der Waals surface area (Å²) in [6.07, 6.45) is 2.52. The molecular weight excluding hydrogens is 258 g/mol.